The number of hydrogen-bond acceptors (Lipinski definition) is 6. The first kappa shape index (κ1) is 21.8. The number of nitrogens with one attached hydrogen (secondary N) is 1. The zero-order valence-electron chi connectivity index (χ0n) is 15.1. The number of aromatic nitrogens is 2. The van der Waals surface area contributed by atoms with Crippen LogP contribution in [0.3, 0.4) is 0 Å². The Kier molecular flexibility index (Phi) is 6.42. The number of pyridine rings is 2. The number of carbonyl (C=O) groups excluding carboxylic acids is 1. The van der Waals surface area contributed by atoms with Gasteiger partial charge >= 0.3 is 5.51 Å². The summed E-state index contributed by atoms with van der Waals surface area (Å²) < 4.78 is 60.7. The van der Waals surface area contributed by atoms with Crippen LogP contribution in [0.4, 0.5) is 18.9 Å². The third-order valence-electron chi connectivity index (χ3n) is 3.87. The first-order valence-electron chi connectivity index (χ1n) is 8.38. The number of halogens is 3. The van der Waals surface area contributed by atoms with E-state index in [1.807, 2.05) is 12.1 Å². The molecule has 0 bridgehead atoms. The number of thioether (sulfide) groups is 1. The highest BCUT2D eigenvalue weighted by molar-refractivity contribution is 7.98. The van der Waals surface area contributed by atoms with Crippen molar-refractivity contribution in [3.05, 3.63) is 78.2 Å². The van der Waals surface area contributed by atoms with Crippen LogP contribution in [0.2, 0.25) is 0 Å². The molecule has 1 aromatic carbocycles. The van der Waals surface area contributed by atoms with Gasteiger partial charge in [0.1, 0.15) is 5.03 Å². The first-order valence-corrected chi connectivity index (χ1v) is 10.8. The predicted octanol–water partition coefficient (Wildman–Crippen LogP) is 4.31. The lowest BCUT2D eigenvalue weighted by molar-refractivity contribution is -0.0436. The van der Waals surface area contributed by atoms with Crippen molar-refractivity contribution in [2.45, 2.75) is 21.2 Å². The molecule has 0 atom stereocenters. The van der Waals surface area contributed by atoms with Gasteiger partial charge in [0.15, 0.2) is 0 Å². The maximum atomic E-state index is 12.6. The van der Waals surface area contributed by atoms with Gasteiger partial charge in [-0.3, -0.25) is 9.78 Å². The summed E-state index contributed by atoms with van der Waals surface area (Å²) in [4.78, 5) is 19.9. The van der Waals surface area contributed by atoms with Gasteiger partial charge in [0.05, 0.1) is 10.5 Å². The summed E-state index contributed by atoms with van der Waals surface area (Å²) in [5.74, 6) is 0.0378. The molecule has 0 saturated carbocycles. The van der Waals surface area contributed by atoms with Crippen molar-refractivity contribution < 1.29 is 26.4 Å². The SMILES string of the molecule is O=C(Nc1ccc(S(=O)(=O)C(F)(F)F)cc1)c1cccnc1SCc1ccncc1. The number of anilines is 1. The summed E-state index contributed by atoms with van der Waals surface area (Å²) in [6.07, 6.45) is 4.86. The van der Waals surface area contributed by atoms with Crippen molar-refractivity contribution in [3.63, 3.8) is 0 Å². The molecule has 0 fully saturated rings. The molecule has 6 nitrogen and oxygen atoms in total. The van der Waals surface area contributed by atoms with Gasteiger partial charge in [0, 0.05) is 30.0 Å². The van der Waals surface area contributed by atoms with E-state index in [1.54, 1.807) is 30.7 Å². The van der Waals surface area contributed by atoms with Gasteiger partial charge in [-0.2, -0.15) is 13.2 Å². The van der Waals surface area contributed by atoms with Crippen molar-refractivity contribution in [1.82, 2.24) is 9.97 Å². The van der Waals surface area contributed by atoms with Crippen LogP contribution in [0.15, 0.2) is 77.0 Å². The van der Waals surface area contributed by atoms with E-state index in [0.717, 1.165) is 29.8 Å². The molecule has 11 heteroatoms. The molecular weight excluding hydrogens is 439 g/mol. The maximum Gasteiger partial charge on any atom is 0.501 e. The first-order chi connectivity index (χ1) is 14.2. The average molecular weight is 453 g/mol. The summed E-state index contributed by atoms with van der Waals surface area (Å²) in [7, 11) is -5.44. The minimum absolute atomic E-state index is 0.148. The van der Waals surface area contributed by atoms with Crippen molar-refractivity contribution in [3.8, 4) is 0 Å². The van der Waals surface area contributed by atoms with Crippen molar-refractivity contribution >= 4 is 33.2 Å². The molecule has 2 aromatic heterocycles. The summed E-state index contributed by atoms with van der Waals surface area (Å²) in [5.41, 5.74) is -3.97. The molecule has 0 aliphatic rings. The number of nitrogens with zero attached hydrogens (tertiary/aromatic N) is 2. The molecule has 0 radical (unpaired) electrons. The second kappa shape index (κ2) is 8.84. The van der Waals surface area contributed by atoms with Gasteiger partial charge in [-0.25, -0.2) is 13.4 Å². The second-order valence-corrected chi connectivity index (χ2v) is 8.83. The molecule has 3 aromatic rings. The zero-order chi connectivity index (χ0) is 21.8. The molecule has 2 heterocycles. The fraction of sp³-hybridized carbons (Fsp3) is 0.105. The highest BCUT2D eigenvalue weighted by Crippen LogP contribution is 2.31. The number of sulfone groups is 1. The molecule has 0 aliphatic carbocycles. The fourth-order valence-corrected chi connectivity index (χ4v) is 4.07. The fourth-order valence-electron chi connectivity index (χ4n) is 2.36. The Morgan fingerprint density at radius 2 is 1.67 bits per heavy atom. The molecule has 0 spiro atoms. The largest absolute Gasteiger partial charge is 0.501 e. The van der Waals surface area contributed by atoms with Crippen LogP contribution < -0.4 is 5.32 Å². The third kappa shape index (κ3) is 4.97. The number of amides is 1. The predicted molar refractivity (Wildman–Crippen MR) is 106 cm³/mol. The molecule has 30 heavy (non-hydrogen) atoms. The van der Waals surface area contributed by atoms with E-state index in [9.17, 15) is 26.4 Å². The monoisotopic (exact) mass is 453 g/mol. The summed E-state index contributed by atoms with van der Waals surface area (Å²) in [5, 5.41) is 3.01. The van der Waals surface area contributed by atoms with Crippen molar-refractivity contribution in [2.75, 3.05) is 5.32 Å². The van der Waals surface area contributed by atoms with Crippen LogP contribution >= 0.6 is 11.8 Å². The van der Waals surface area contributed by atoms with Gasteiger partial charge < -0.3 is 5.32 Å². The van der Waals surface area contributed by atoms with Crippen molar-refractivity contribution in [1.29, 1.82) is 0 Å². The Morgan fingerprint density at radius 1 is 1.00 bits per heavy atom. The minimum atomic E-state index is -5.44. The number of hydrogen-bond donors (Lipinski definition) is 1. The number of rotatable bonds is 6. The van der Waals surface area contributed by atoms with E-state index >= 15 is 0 Å². The lowest BCUT2D eigenvalue weighted by Gasteiger charge is -2.11. The van der Waals surface area contributed by atoms with Crippen LogP contribution in [0.25, 0.3) is 0 Å². The quantitative estimate of drug-likeness (QED) is 0.560. The van der Waals surface area contributed by atoms with Crippen LogP contribution in [-0.2, 0) is 15.6 Å². The Hall–Kier alpha value is -2.92. The lowest BCUT2D eigenvalue weighted by Crippen LogP contribution is -2.23. The van der Waals surface area contributed by atoms with E-state index in [1.165, 1.54) is 11.8 Å². The van der Waals surface area contributed by atoms with Gasteiger partial charge in [0.2, 0.25) is 0 Å². The average Bonchev–Trinajstić information content (AvgIpc) is 2.73. The van der Waals surface area contributed by atoms with Crippen LogP contribution in [0.1, 0.15) is 15.9 Å². The van der Waals surface area contributed by atoms with E-state index in [2.05, 4.69) is 15.3 Å². The molecule has 156 valence electrons. The Labute approximate surface area is 174 Å². The van der Waals surface area contributed by atoms with Gasteiger partial charge in [-0.1, -0.05) is 0 Å². The molecule has 0 unspecified atom stereocenters. The number of benzene rings is 1. The van der Waals surface area contributed by atoms with Crippen LogP contribution in [0, 0.1) is 0 Å². The summed E-state index contributed by atoms with van der Waals surface area (Å²) in [6, 6.07) is 10.6. The maximum absolute atomic E-state index is 12.6. The Balaban J connectivity index is 1.74. The molecule has 3 rings (SSSR count). The van der Waals surface area contributed by atoms with Crippen LogP contribution in [0.5, 0.6) is 0 Å². The van der Waals surface area contributed by atoms with E-state index in [-0.39, 0.29) is 11.3 Å². The molecule has 1 amide bonds. The molecule has 1 N–H and O–H groups in total. The number of carbonyl (C=O) groups is 1. The van der Waals surface area contributed by atoms with Crippen LogP contribution in [-0.4, -0.2) is 29.8 Å². The minimum Gasteiger partial charge on any atom is -0.322 e. The zero-order valence-corrected chi connectivity index (χ0v) is 16.8. The van der Waals surface area contributed by atoms with E-state index in [0.29, 0.717) is 10.8 Å². The van der Waals surface area contributed by atoms with Gasteiger partial charge in [0.25, 0.3) is 15.7 Å². The second-order valence-electron chi connectivity index (χ2n) is 5.93. The highest BCUT2D eigenvalue weighted by Gasteiger charge is 2.46. The standard InChI is InChI=1S/C19H14F3N3O3S2/c20-19(21,22)30(27,28)15-5-3-14(4-6-15)25-17(26)16-2-1-9-24-18(16)29-12-13-7-10-23-11-8-13/h1-11H,12H2,(H,25,26). The smallest absolute Gasteiger partial charge is 0.322 e. The molecular formula is C19H14F3N3O3S2. The highest BCUT2D eigenvalue weighted by atomic mass is 32.2. The Morgan fingerprint density at radius 3 is 2.30 bits per heavy atom. The lowest BCUT2D eigenvalue weighted by atomic mass is 10.2. The van der Waals surface area contributed by atoms with Gasteiger partial charge in [-0.15, -0.1) is 11.8 Å². The Bertz CT molecular complexity index is 1140. The molecule has 0 saturated heterocycles. The topological polar surface area (TPSA) is 89.0 Å². The van der Waals surface area contributed by atoms with Crippen molar-refractivity contribution in [2.24, 2.45) is 0 Å². The van der Waals surface area contributed by atoms with Gasteiger partial charge in [-0.05, 0) is 54.1 Å². The molecule has 0 aliphatic heterocycles. The summed E-state index contributed by atoms with van der Waals surface area (Å²) in [6.45, 7) is 0. The van der Waals surface area contributed by atoms with E-state index < -0.39 is 26.1 Å². The normalized spacial score (nSPS) is 11.8. The summed E-state index contributed by atoms with van der Waals surface area (Å²) >= 11 is 1.34. The number of alkyl halides is 3. The van der Waals surface area contributed by atoms with E-state index in [4.69, 9.17) is 0 Å². The third-order valence-corrected chi connectivity index (χ3v) is 6.45.